The van der Waals surface area contributed by atoms with Gasteiger partial charge in [0, 0.05) is 36.2 Å². The summed E-state index contributed by atoms with van der Waals surface area (Å²) in [7, 11) is 1.30. The van der Waals surface area contributed by atoms with Gasteiger partial charge < -0.3 is 25.0 Å². The van der Waals surface area contributed by atoms with Crippen molar-refractivity contribution in [3.8, 4) is 0 Å². The van der Waals surface area contributed by atoms with E-state index in [1.807, 2.05) is 24.3 Å². The quantitative estimate of drug-likeness (QED) is 0.341. The molecule has 2 amide bonds. The lowest BCUT2D eigenvalue weighted by Gasteiger charge is -2.28. The highest BCUT2D eigenvalue weighted by atomic mass is 16.5. The molecule has 0 aliphatic carbocycles. The van der Waals surface area contributed by atoms with Gasteiger partial charge in [0.15, 0.2) is 0 Å². The van der Waals surface area contributed by atoms with Gasteiger partial charge in [-0.15, -0.1) is 0 Å². The van der Waals surface area contributed by atoms with Gasteiger partial charge in [-0.05, 0) is 43.3 Å². The zero-order valence-corrected chi connectivity index (χ0v) is 21.1. The lowest BCUT2D eigenvalue weighted by atomic mass is 10.1. The van der Waals surface area contributed by atoms with E-state index in [9.17, 15) is 14.4 Å². The van der Waals surface area contributed by atoms with Gasteiger partial charge >= 0.3 is 5.97 Å². The summed E-state index contributed by atoms with van der Waals surface area (Å²) in [5.74, 6) is -0.666. The van der Waals surface area contributed by atoms with Crippen LogP contribution in [-0.4, -0.2) is 72.1 Å². The van der Waals surface area contributed by atoms with Crippen LogP contribution < -0.4 is 15.5 Å². The molecule has 11 heteroatoms. The number of rotatable bonds is 8. The van der Waals surface area contributed by atoms with Crippen LogP contribution >= 0.6 is 0 Å². The van der Waals surface area contributed by atoms with Crippen LogP contribution in [0.1, 0.15) is 33.2 Å². The first-order valence-electron chi connectivity index (χ1n) is 12.3. The number of nitrogens with zero attached hydrogens (tertiary/aromatic N) is 4. The number of carbonyl (C=O) groups is 3. The fourth-order valence-corrected chi connectivity index (χ4v) is 4.41. The number of anilines is 4. The molecule has 3 aromatic rings. The summed E-state index contributed by atoms with van der Waals surface area (Å²) in [4.78, 5) is 50.3. The van der Waals surface area contributed by atoms with Gasteiger partial charge in [-0.2, -0.15) is 4.98 Å². The number of nitrogens with one attached hydrogen (secondary N) is 2. The first-order valence-corrected chi connectivity index (χ1v) is 12.3. The molecule has 0 bridgehead atoms. The SMILES string of the molecule is COC(=O)C(C)Nc1nc(Nc2ccc(N3CCOCC3)cc2)ncc1CN1C(=O)c2ccccc2C1=O. The van der Waals surface area contributed by atoms with Crippen LogP contribution in [0.5, 0.6) is 0 Å². The van der Waals surface area contributed by atoms with Crippen molar-refractivity contribution >= 4 is 40.9 Å². The molecule has 3 heterocycles. The molecule has 2 aromatic carbocycles. The molecule has 0 spiro atoms. The van der Waals surface area contributed by atoms with E-state index in [1.165, 1.54) is 13.3 Å². The highest BCUT2D eigenvalue weighted by Gasteiger charge is 2.35. The average molecular weight is 517 g/mol. The van der Waals surface area contributed by atoms with E-state index in [1.54, 1.807) is 31.2 Å². The summed E-state index contributed by atoms with van der Waals surface area (Å²) >= 11 is 0. The fraction of sp³-hybridized carbons (Fsp3) is 0.296. The highest BCUT2D eigenvalue weighted by molar-refractivity contribution is 6.21. The third-order valence-corrected chi connectivity index (χ3v) is 6.48. The van der Waals surface area contributed by atoms with Crippen LogP contribution in [0, 0.1) is 0 Å². The molecule has 1 aromatic heterocycles. The minimum atomic E-state index is -0.725. The Bertz CT molecular complexity index is 1320. The number of ether oxygens (including phenoxy) is 2. The Balaban J connectivity index is 1.37. The molecule has 2 aliphatic rings. The molecule has 2 N–H and O–H groups in total. The second-order valence-electron chi connectivity index (χ2n) is 8.97. The molecular formula is C27H28N6O5. The predicted octanol–water partition coefficient (Wildman–Crippen LogP) is 2.83. The molecule has 196 valence electrons. The maximum atomic E-state index is 12.9. The number of hydrogen-bond donors (Lipinski definition) is 2. The molecule has 38 heavy (non-hydrogen) atoms. The van der Waals surface area contributed by atoms with Crippen molar-refractivity contribution in [2.45, 2.75) is 19.5 Å². The van der Waals surface area contributed by atoms with E-state index < -0.39 is 12.0 Å². The number of methoxy groups -OCH3 is 1. The molecule has 5 rings (SSSR count). The average Bonchev–Trinajstić information content (AvgIpc) is 3.19. The monoisotopic (exact) mass is 516 g/mol. The van der Waals surface area contributed by atoms with Gasteiger partial charge in [0.2, 0.25) is 5.95 Å². The molecule has 2 aliphatic heterocycles. The summed E-state index contributed by atoms with van der Waals surface area (Å²) < 4.78 is 10.2. The van der Waals surface area contributed by atoms with Crippen molar-refractivity contribution in [1.82, 2.24) is 14.9 Å². The van der Waals surface area contributed by atoms with Gasteiger partial charge in [-0.25, -0.2) is 9.78 Å². The number of amides is 2. The van der Waals surface area contributed by atoms with Gasteiger partial charge in [0.25, 0.3) is 11.8 Å². The normalized spacial score (nSPS) is 15.7. The van der Waals surface area contributed by atoms with Crippen molar-refractivity contribution in [3.63, 3.8) is 0 Å². The summed E-state index contributed by atoms with van der Waals surface area (Å²) in [5, 5.41) is 6.21. The molecule has 1 saturated heterocycles. The summed E-state index contributed by atoms with van der Waals surface area (Å²) in [5.41, 5.74) is 3.07. The van der Waals surface area contributed by atoms with Crippen LogP contribution in [-0.2, 0) is 20.8 Å². The Hall–Kier alpha value is -4.51. The van der Waals surface area contributed by atoms with Crippen LogP contribution in [0.2, 0.25) is 0 Å². The van der Waals surface area contributed by atoms with E-state index in [2.05, 4.69) is 25.5 Å². The van der Waals surface area contributed by atoms with Gasteiger partial charge in [-0.3, -0.25) is 14.5 Å². The fourth-order valence-electron chi connectivity index (χ4n) is 4.41. The van der Waals surface area contributed by atoms with Crippen molar-refractivity contribution in [2.24, 2.45) is 0 Å². The summed E-state index contributed by atoms with van der Waals surface area (Å²) in [6, 6.07) is 13.9. The molecule has 1 atom stereocenters. The van der Waals surface area contributed by atoms with Crippen LogP contribution in [0.4, 0.5) is 23.1 Å². The number of hydrogen-bond acceptors (Lipinski definition) is 10. The zero-order valence-electron chi connectivity index (χ0n) is 21.1. The minimum absolute atomic E-state index is 0.0584. The zero-order chi connectivity index (χ0) is 26.6. The second-order valence-corrected chi connectivity index (χ2v) is 8.97. The number of fused-ring (bicyclic) bond motifs is 1. The highest BCUT2D eigenvalue weighted by Crippen LogP contribution is 2.27. The Morgan fingerprint density at radius 2 is 1.71 bits per heavy atom. The standard InChI is InChI=1S/C27H28N6O5/c1-17(26(36)37-2)29-23-18(16-33-24(34)21-5-3-4-6-22(21)25(33)35)15-28-27(31-23)30-19-7-9-20(10-8-19)32-11-13-38-14-12-32/h3-10,15,17H,11-14,16H2,1-2H3,(H2,28,29,30,31). The third-order valence-electron chi connectivity index (χ3n) is 6.48. The first-order chi connectivity index (χ1) is 18.4. The van der Waals surface area contributed by atoms with E-state index in [-0.39, 0.29) is 24.3 Å². The maximum absolute atomic E-state index is 12.9. The Morgan fingerprint density at radius 3 is 2.34 bits per heavy atom. The van der Waals surface area contributed by atoms with E-state index in [0.717, 1.165) is 29.4 Å². The minimum Gasteiger partial charge on any atom is -0.467 e. The number of carbonyl (C=O) groups excluding carboxylic acids is 3. The number of imide groups is 1. The van der Waals surface area contributed by atoms with Crippen molar-refractivity contribution in [1.29, 1.82) is 0 Å². The lowest BCUT2D eigenvalue weighted by Crippen LogP contribution is -2.36. The largest absolute Gasteiger partial charge is 0.467 e. The Labute approximate surface area is 219 Å². The van der Waals surface area contributed by atoms with E-state index in [4.69, 9.17) is 9.47 Å². The Morgan fingerprint density at radius 1 is 1.05 bits per heavy atom. The lowest BCUT2D eigenvalue weighted by molar-refractivity contribution is -0.141. The molecular weight excluding hydrogens is 488 g/mol. The first kappa shape index (κ1) is 25.2. The van der Waals surface area contributed by atoms with Gasteiger partial charge in [0.05, 0.1) is 38.0 Å². The van der Waals surface area contributed by atoms with E-state index in [0.29, 0.717) is 35.7 Å². The van der Waals surface area contributed by atoms with Gasteiger partial charge in [-0.1, -0.05) is 12.1 Å². The molecule has 0 saturated carbocycles. The van der Waals surface area contributed by atoms with Crippen LogP contribution in [0.3, 0.4) is 0 Å². The van der Waals surface area contributed by atoms with E-state index >= 15 is 0 Å². The van der Waals surface area contributed by atoms with Crippen molar-refractivity contribution in [2.75, 3.05) is 48.9 Å². The molecule has 11 nitrogen and oxygen atoms in total. The van der Waals surface area contributed by atoms with Gasteiger partial charge in [0.1, 0.15) is 11.9 Å². The number of morpholine rings is 1. The third kappa shape index (κ3) is 5.14. The summed E-state index contributed by atoms with van der Waals surface area (Å²) in [6.45, 7) is 4.69. The smallest absolute Gasteiger partial charge is 0.328 e. The van der Waals surface area contributed by atoms with Crippen molar-refractivity contribution < 1.29 is 23.9 Å². The molecule has 1 fully saturated rings. The molecule has 0 radical (unpaired) electrons. The maximum Gasteiger partial charge on any atom is 0.328 e. The molecule has 1 unspecified atom stereocenters. The number of esters is 1. The van der Waals surface area contributed by atoms with Crippen LogP contribution in [0.15, 0.2) is 54.7 Å². The Kier molecular flexibility index (Phi) is 7.18. The number of aromatic nitrogens is 2. The second kappa shape index (κ2) is 10.9. The summed E-state index contributed by atoms with van der Waals surface area (Å²) in [6.07, 6.45) is 1.54. The predicted molar refractivity (Wildman–Crippen MR) is 141 cm³/mol. The van der Waals surface area contributed by atoms with Crippen LogP contribution in [0.25, 0.3) is 0 Å². The topological polar surface area (TPSA) is 126 Å². The number of benzene rings is 2. The van der Waals surface area contributed by atoms with Crippen molar-refractivity contribution in [3.05, 3.63) is 71.4 Å².